The molecule has 0 spiro atoms. The molecule has 3 heteroatoms. The first-order chi connectivity index (χ1) is 6.43. The Bertz CT molecular complexity index is 240. The molecule has 0 N–H and O–H groups in total. The molecular weight excluding hydrogens is 176 g/mol. The maximum atomic E-state index is 12.0. The van der Waals surface area contributed by atoms with Crippen LogP contribution in [0.15, 0.2) is 12.2 Å². The molecule has 0 unspecified atom stereocenters. The third kappa shape index (κ3) is 2.50. The maximum absolute atomic E-state index is 12.0. The summed E-state index contributed by atoms with van der Waals surface area (Å²) in [6, 6.07) is 0.127. The number of hydrogen-bond acceptors (Lipinski definition) is 1. The molecule has 1 aliphatic rings. The van der Waals surface area contributed by atoms with Crippen LogP contribution in [0.2, 0.25) is 0 Å². The van der Waals surface area contributed by atoms with Gasteiger partial charge >= 0.3 is 6.03 Å². The number of hydrogen-bond donors (Lipinski definition) is 0. The minimum Gasteiger partial charge on any atom is -0.323 e. The van der Waals surface area contributed by atoms with Crippen LogP contribution < -0.4 is 0 Å². The molecule has 0 aromatic rings. The van der Waals surface area contributed by atoms with E-state index in [1.165, 1.54) is 0 Å². The molecule has 1 aliphatic heterocycles. The zero-order valence-corrected chi connectivity index (χ0v) is 9.58. The van der Waals surface area contributed by atoms with Gasteiger partial charge in [0.1, 0.15) is 0 Å². The average Bonchev–Trinajstić information content (AvgIpc) is 2.15. The van der Waals surface area contributed by atoms with E-state index in [2.05, 4.69) is 12.2 Å². The van der Waals surface area contributed by atoms with Crippen LogP contribution in [0.1, 0.15) is 27.2 Å². The summed E-state index contributed by atoms with van der Waals surface area (Å²) in [7, 11) is 1.86. The summed E-state index contributed by atoms with van der Waals surface area (Å²) in [6.07, 6.45) is 5.16. The lowest BCUT2D eigenvalue weighted by molar-refractivity contribution is 0.129. The van der Waals surface area contributed by atoms with Crippen molar-refractivity contribution < 1.29 is 4.79 Å². The van der Waals surface area contributed by atoms with Crippen LogP contribution >= 0.6 is 0 Å². The third-order valence-corrected chi connectivity index (χ3v) is 2.62. The third-order valence-electron chi connectivity index (χ3n) is 2.62. The van der Waals surface area contributed by atoms with E-state index >= 15 is 0 Å². The van der Waals surface area contributed by atoms with Crippen molar-refractivity contribution in [1.82, 2.24) is 9.80 Å². The SMILES string of the molecule is CN(C(=O)N1CC=CCC1)C(C)(C)C. The molecule has 80 valence electrons. The smallest absolute Gasteiger partial charge is 0.320 e. The second kappa shape index (κ2) is 4.03. The predicted octanol–water partition coefficient (Wildman–Crippen LogP) is 2.10. The Morgan fingerprint density at radius 3 is 2.43 bits per heavy atom. The van der Waals surface area contributed by atoms with E-state index in [0.717, 1.165) is 19.5 Å². The summed E-state index contributed by atoms with van der Waals surface area (Å²) in [5.74, 6) is 0. The lowest BCUT2D eigenvalue weighted by Crippen LogP contribution is -2.50. The van der Waals surface area contributed by atoms with Gasteiger partial charge in [0.25, 0.3) is 0 Å². The summed E-state index contributed by atoms with van der Waals surface area (Å²) in [6.45, 7) is 7.73. The van der Waals surface area contributed by atoms with E-state index in [1.807, 2.05) is 32.7 Å². The number of nitrogens with zero attached hydrogens (tertiary/aromatic N) is 2. The molecule has 0 atom stereocenters. The van der Waals surface area contributed by atoms with E-state index in [1.54, 1.807) is 4.90 Å². The molecule has 0 fully saturated rings. The van der Waals surface area contributed by atoms with Gasteiger partial charge in [-0.2, -0.15) is 0 Å². The van der Waals surface area contributed by atoms with Crippen molar-refractivity contribution in [3.8, 4) is 0 Å². The molecule has 0 saturated heterocycles. The summed E-state index contributed by atoms with van der Waals surface area (Å²) in [4.78, 5) is 15.6. The highest BCUT2D eigenvalue weighted by Crippen LogP contribution is 2.14. The molecule has 0 aromatic carbocycles. The van der Waals surface area contributed by atoms with Crippen LogP contribution in [0.5, 0.6) is 0 Å². The summed E-state index contributed by atoms with van der Waals surface area (Å²) < 4.78 is 0. The van der Waals surface area contributed by atoms with Gasteiger partial charge in [-0.05, 0) is 27.2 Å². The fraction of sp³-hybridized carbons (Fsp3) is 0.727. The van der Waals surface area contributed by atoms with Gasteiger partial charge in [-0.3, -0.25) is 0 Å². The lowest BCUT2D eigenvalue weighted by atomic mass is 10.1. The van der Waals surface area contributed by atoms with Crippen LogP contribution in [0.25, 0.3) is 0 Å². The van der Waals surface area contributed by atoms with Crippen molar-refractivity contribution in [2.75, 3.05) is 20.1 Å². The van der Waals surface area contributed by atoms with Crippen molar-refractivity contribution in [2.45, 2.75) is 32.7 Å². The Labute approximate surface area is 86.4 Å². The fourth-order valence-corrected chi connectivity index (χ4v) is 1.31. The van der Waals surface area contributed by atoms with E-state index in [4.69, 9.17) is 0 Å². The van der Waals surface area contributed by atoms with E-state index in [-0.39, 0.29) is 11.6 Å². The summed E-state index contributed by atoms with van der Waals surface area (Å²) in [5.41, 5.74) is -0.0990. The first kappa shape index (κ1) is 11.1. The summed E-state index contributed by atoms with van der Waals surface area (Å²) >= 11 is 0. The highest BCUT2D eigenvalue weighted by molar-refractivity contribution is 5.75. The molecule has 1 rings (SSSR count). The van der Waals surface area contributed by atoms with Gasteiger partial charge in [0.15, 0.2) is 0 Å². The van der Waals surface area contributed by atoms with Crippen molar-refractivity contribution >= 4 is 6.03 Å². The Hall–Kier alpha value is -0.990. The molecule has 0 aliphatic carbocycles. The van der Waals surface area contributed by atoms with Crippen molar-refractivity contribution in [3.05, 3.63) is 12.2 Å². The average molecular weight is 196 g/mol. The number of urea groups is 1. The highest BCUT2D eigenvalue weighted by Gasteiger charge is 2.26. The van der Waals surface area contributed by atoms with Crippen LogP contribution in [-0.4, -0.2) is 41.5 Å². The van der Waals surface area contributed by atoms with E-state index < -0.39 is 0 Å². The Morgan fingerprint density at radius 1 is 1.36 bits per heavy atom. The van der Waals surface area contributed by atoms with E-state index in [9.17, 15) is 4.79 Å². The van der Waals surface area contributed by atoms with Gasteiger partial charge in [-0.1, -0.05) is 12.2 Å². The zero-order valence-electron chi connectivity index (χ0n) is 9.58. The molecule has 3 nitrogen and oxygen atoms in total. The largest absolute Gasteiger partial charge is 0.323 e. The van der Waals surface area contributed by atoms with Crippen molar-refractivity contribution in [3.63, 3.8) is 0 Å². The molecular formula is C11H20N2O. The second-order valence-corrected chi connectivity index (χ2v) is 4.72. The Balaban J connectivity index is 2.60. The molecule has 0 bridgehead atoms. The molecule has 0 aromatic heterocycles. The molecule has 2 amide bonds. The van der Waals surface area contributed by atoms with Crippen LogP contribution in [0.3, 0.4) is 0 Å². The molecule has 1 heterocycles. The second-order valence-electron chi connectivity index (χ2n) is 4.72. The minimum atomic E-state index is -0.0990. The van der Waals surface area contributed by atoms with E-state index in [0.29, 0.717) is 0 Å². The van der Waals surface area contributed by atoms with Gasteiger partial charge in [-0.25, -0.2) is 4.79 Å². The predicted molar refractivity (Wildman–Crippen MR) is 58.2 cm³/mol. The van der Waals surface area contributed by atoms with Gasteiger partial charge < -0.3 is 9.80 Å². The molecule has 14 heavy (non-hydrogen) atoms. The van der Waals surface area contributed by atoms with Crippen molar-refractivity contribution in [1.29, 1.82) is 0 Å². The fourth-order valence-electron chi connectivity index (χ4n) is 1.31. The quantitative estimate of drug-likeness (QED) is 0.544. The van der Waals surface area contributed by atoms with Gasteiger partial charge in [0.2, 0.25) is 0 Å². The highest BCUT2D eigenvalue weighted by atomic mass is 16.2. The van der Waals surface area contributed by atoms with Crippen LogP contribution in [0, 0.1) is 0 Å². The minimum absolute atomic E-state index is 0.0990. The van der Waals surface area contributed by atoms with Gasteiger partial charge in [-0.15, -0.1) is 0 Å². The monoisotopic (exact) mass is 196 g/mol. The van der Waals surface area contributed by atoms with Gasteiger partial charge in [0, 0.05) is 25.7 Å². The summed E-state index contributed by atoms with van der Waals surface area (Å²) in [5, 5.41) is 0. The number of rotatable bonds is 0. The Kier molecular flexibility index (Phi) is 3.19. The zero-order chi connectivity index (χ0) is 10.8. The Morgan fingerprint density at radius 2 is 2.00 bits per heavy atom. The number of carbonyl (C=O) groups is 1. The van der Waals surface area contributed by atoms with Crippen molar-refractivity contribution in [2.24, 2.45) is 0 Å². The molecule has 0 saturated carbocycles. The van der Waals surface area contributed by atoms with Crippen LogP contribution in [0.4, 0.5) is 4.79 Å². The van der Waals surface area contributed by atoms with Crippen LogP contribution in [-0.2, 0) is 0 Å². The topological polar surface area (TPSA) is 23.6 Å². The normalized spacial score (nSPS) is 17.0. The molecule has 0 radical (unpaired) electrons. The maximum Gasteiger partial charge on any atom is 0.320 e. The number of amides is 2. The standard InChI is InChI=1S/C11H20N2O/c1-11(2,3)12(4)10(14)13-8-6-5-7-9-13/h5-6H,7-9H2,1-4H3. The van der Waals surface area contributed by atoms with Gasteiger partial charge in [0.05, 0.1) is 0 Å². The first-order valence-corrected chi connectivity index (χ1v) is 5.10. The first-order valence-electron chi connectivity index (χ1n) is 5.10. The number of carbonyl (C=O) groups excluding carboxylic acids is 1. The lowest BCUT2D eigenvalue weighted by Gasteiger charge is -2.36.